The minimum atomic E-state index is -3.52. The van der Waals surface area contributed by atoms with Crippen LogP contribution in [-0.2, 0) is 10.0 Å². The number of hydrogen-bond acceptors (Lipinski definition) is 4. The van der Waals surface area contributed by atoms with Crippen molar-refractivity contribution in [3.05, 3.63) is 36.0 Å². The second-order valence-corrected chi connectivity index (χ2v) is 7.37. The molecular weight excluding hydrogens is 322 g/mol. The highest BCUT2D eigenvalue weighted by molar-refractivity contribution is 7.89. The van der Waals surface area contributed by atoms with Crippen molar-refractivity contribution in [2.45, 2.75) is 24.8 Å². The number of aromatic nitrogens is 1. The van der Waals surface area contributed by atoms with E-state index in [2.05, 4.69) is 10.3 Å². The number of fused-ring (bicyclic) bond motifs is 1. The fourth-order valence-corrected chi connectivity index (χ4v) is 4.55. The molecule has 22 heavy (non-hydrogen) atoms. The molecule has 1 atom stereocenters. The van der Waals surface area contributed by atoms with Gasteiger partial charge < -0.3 is 5.32 Å². The fraction of sp³-hybridized carbons (Fsp3) is 0.400. The van der Waals surface area contributed by atoms with Crippen molar-refractivity contribution in [1.29, 1.82) is 0 Å². The molecule has 1 aliphatic heterocycles. The maximum absolute atomic E-state index is 13.0. The van der Waals surface area contributed by atoms with Crippen LogP contribution in [0.3, 0.4) is 0 Å². The molecule has 5 nitrogen and oxygen atoms in total. The number of hydrogen-bond donors (Lipinski definition) is 1. The van der Waals surface area contributed by atoms with Gasteiger partial charge in [-0.25, -0.2) is 8.42 Å². The summed E-state index contributed by atoms with van der Waals surface area (Å²) >= 11 is 0. The monoisotopic (exact) mass is 341 g/mol. The molecule has 2 heterocycles. The van der Waals surface area contributed by atoms with Gasteiger partial charge in [0.15, 0.2) is 0 Å². The molecule has 120 valence electrons. The number of pyridine rings is 1. The SMILES string of the molecule is Cc1cnc2c(S(=O)(=O)N3CCNCC3C)cccc2c1.Cl. The highest BCUT2D eigenvalue weighted by Gasteiger charge is 2.32. The number of piperazine rings is 1. The quantitative estimate of drug-likeness (QED) is 0.907. The van der Waals surface area contributed by atoms with Gasteiger partial charge >= 0.3 is 0 Å². The van der Waals surface area contributed by atoms with Crippen molar-refractivity contribution in [1.82, 2.24) is 14.6 Å². The normalized spacial score (nSPS) is 19.8. The highest BCUT2D eigenvalue weighted by Crippen LogP contribution is 2.26. The van der Waals surface area contributed by atoms with Crippen LogP contribution in [0.4, 0.5) is 0 Å². The van der Waals surface area contributed by atoms with Gasteiger partial charge in [0, 0.05) is 37.3 Å². The third-order valence-electron chi connectivity index (χ3n) is 3.84. The number of halogens is 1. The molecule has 1 aromatic heterocycles. The summed E-state index contributed by atoms with van der Waals surface area (Å²) in [5, 5.41) is 4.07. The summed E-state index contributed by atoms with van der Waals surface area (Å²) in [4.78, 5) is 4.65. The molecule has 1 saturated heterocycles. The topological polar surface area (TPSA) is 62.3 Å². The van der Waals surface area contributed by atoms with Crippen LogP contribution < -0.4 is 5.32 Å². The lowest BCUT2D eigenvalue weighted by Gasteiger charge is -2.33. The van der Waals surface area contributed by atoms with Crippen molar-refractivity contribution < 1.29 is 8.42 Å². The number of sulfonamides is 1. The van der Waals surface area contributed by atoms with E-state index in [4.69, 9.17) is 0 Å². The van der Waals surface area contributed by atoms with E-state index in [1.165, 1.54) is 0 Å². The smallest absolute Gasteiger partial charge is 0.245 e. The first-order valence-electron chi connectivity index (χ1n) is 7.08. The van der Waals surface area contributed by atoms with E-state index < -0.39 is 10.0 Å². The van der Waals surface area contributed by atoms with Gasteiger partial charge in [0.2, 0.25) is 10.0 Å². The zero-order chi connectivity index (χ0) is 15.0. The molecule has 1 N–H and O–H groups in total. The summed E-state index contributed by atoms with van der Waals surface area (Å²) in [5.41, 5.74) is 1.57. The van der Waals surface area contributed by atoms with E-state index in [0.29, 0.717) is 30.0 Å². The zero-order valence-electron chi connectivity index (χ0n) is 12.6. The van der Waals surface area contributed by atoms with Gasteiger partial charge in [0.25, 0.3) is 0 Å². The summed E-state index contributed by atoms with van der Waals surface area (Å²) < 4.78 is 27.5. The van der Waals surface area contributed by atoms with E-state index in [-0.39, 0.29) is 18.4 Å². The minimum Gasteiger partial charge on any atom is -0.314 e. The van der Waals surface area contributed by atoms with Crippen LogP contribution in [0.25, 0.3) is 10.9 Å². The van der Waals surface area contributed by atoms with E-state index in [1.807, 2.05) is 26.0 Å². The summed E-state index contributed by atoms with van der Waals surface area (Å²) in [6, 6.07) is 7.24. The third-order valence-corrected chi connectivity index (χ3v) is 5.88. The number of rotatable bonds is 2. The Bertz CT molecular complexity index is 779. The lowest BCUT2D eigenvalue weighted by molar-refractivity contribution is 0.284. The molecule has 7 heteroatoms. The largest absolute Gasteiger partial charge is 0.314 e. The summed E-state index contributed by atoms with van der Waals surface area (Å²) in [5.74, 6) is 0. The predicted molar refractivity (Wildman–Crippen MR) is 90.0 cm³/mol. The number of para-hydroxylation sites is 1. The Kier molecular flexibility index (Phi) is 5.07. The molecule has 2 aromatic rings. The van der Waals surface area contributed by atoms with E-state index >= 15 is 0 Å². The second kappa shape index (κ2) is 6.50. The van der Waals surface area contributed by atoms with Crippen molar-refractivity contribution in [2.24, 2.45) is 0 Å². The molecule has 1 fully saturated rings. The summed E-state index contributed by atoms with van der Waals surface area (Å²) in [6.07, 6.45) is 1.71. The Balaban J connectivity index is 0.00000176. The first-order chi connectivity index (χ1) is 10.00. The third kappa shape index (κ3) is 2.96. The van der Waals surface area contributed by atoms with Gasteiger partial charge in [-0.1, -0.05) is 12.1 Å². The standard InChI is InChI=1S/C15H19N3O2S.ClH/c1-11-8-13-4-3-5-14(15(13)17-9-11)21(19,20)18-7-6-16-10-12(18)2;/h3-5,8-9,12,16H,6-7,10H2,1-2H3;1H. The highest BCUT2D eigenvalue weighted by atomic mass is 35.5. The maximum Gasteiger partial charge on any atom is 0.245 e. The van der Waals surface area contributed by atoms with E-state index in [1.54, 1.807) is 22.6 Å². The molecule has 0 saturated carbocycles. The van der Waals surface area contributed by atoms with Crippen LogP contribution in [-0.4, -0.2) is 43.4 Å². The lowest BCUT2D eigenvalue weighted by atomic mass is 10.2. The Morgan fingerprint density at radius 1 is 1.36 bits per heavy atom. The van der Waals surface area contributed by atoms with Crippen LogP contribution in [0.2, 0.25) is 0 Å². The second-order valence-electron chi connectivity index (χ2n) is 5.51. The first kappa shape index (κ1) is 17.1. The minimum absolute atomic E-state index is 0. The van der Waals surface area contributed by atoms with Gasteiger partial charge in [0.05, 0.1) is 5.52 Å². The maximum atomic E-state index is 13.0. The average molecular weight is 342 g/mol. The molecule has 0 aliphatic carbocycles. The fourth-order valence-electron chi connectivity index (χ4n) is 2.76. The molecule has 1 aromatic carbocycles. The molecular formula is C15H20ClN3O2S. The van der Waals surface area contributed by atoms with Crippen LogP contribution in [0, 0.1) is 6.92 Å². The molecule has 3 rings (SSSR count). The molecule has 0 bridgehead atoms. The van der Waals surface area contributed by atoms with Crippen molar-refractivity contribution in [3.8, 4) is 0 Å². The Hall–Kier alpha value is -1.21. The van der Waals surface area contributed by atoms with Crippen LogP contribution in [0.1, 0.15) is 12.5 Å². The zero-order valence-corrected chi connectivity index (χ0v) is 14.2. The Morgan fingerprint density at radius 2 is 2.14 bits per heavy atom. The number of nitrogens with zero attached hydrogens (tertiary/aromatic N) is 2. The summed E-state index contributed by atoms with van der Waals surface area (Å²) in [6.45, 7) is 5.72. The molecule has 0 radical (unpaired) electrons. The Labute approximate surface area is 137 Å². The number of benzene rings is 1. The van der Waals surface area contributed by atoms with Gasteiger partial charge in [-0.15, -0.1) is 12.4 Å². The van der Waals surface area contributed by atoms with E-state index in [9.17, 15) is 8.42 Å². The van der Waals surface area contributed by atoms with E-state index in [0.717, 1.165) is 10.9 Å². The molecule has 0 spiro atoms. The predicted octanol–water partition coefficient (Wildman–Crippen LogP) is 1.95. The van der Waals surface area contributed by atoms with Gasteiger partial charge in [0.1, 0.15) is 4.90 Å². The first-order valence-corrected chi connectivity index (χ1v) is 8.52. The molecule has 1 unspecified atom stereocenters. The van der Waals surface area contributed by atoms with Crippen molar-refractivity contribution in [3.63, 3.8) is 0 Å². The Morgan fingerprint density at radius 3 is 2.86 bits per heavy atom. The van der Waals surface area contributed by atoms with Crippen LogP contribution in [0.15, 0.2) is 35.4 Å². The average Bonchev–Trinajstić information content (AvgIpc) is 2.46. The van der Waals surface area contributed by atoms with Crippen LogP contribution in [0.5, 0.6) is 0 Å². The van der Waals surface area contributed by atoms with Gasteiger partial charge in [-0.2, -0.15) is 4.31 Å². The van der Waals surface area contributed by atoms with Gasteiger partial charge in [-0.05, 0) is 31.5 Å². The van der Waals surface area contributed by atoms with Gasteiger partial charge in [-0.3, -0.25) is 4.98 Å². The lowest BCUT2D eigenvalue weighted by Crippen LogP contribution is -2.52. The number of nitrogens with one attached hydrogen (secondary N) is 1. The van der Waals surface area contributed by atoms with Crippen LogP contribution >= 0.6 is 12.4 Å². The molecule has 0 amide bonds. The number of aryl methyl sites for hydroxylation is 1. The summed E-state index contributed by atoms with van der Waals surface area (Å²) in [7, 11) is -3.52. The van der Waals surface area contributed by atoms with Crippen molar-refractivity contribution in [2.75, 3.05) is 19.6 Å². The van der Waals surface area contributed by atoms with Crippen molar-refractivity contribution >= 4 is 33.3 Å². The molecule has 1 aliphatic rings.